The van der Waals surface area contributed by atoms with Crippen LogP contribution >= 0.6 is 0 Å². The molecule has 4 nitrogen and oxygen atoms in total. The van der Waals surface area contributed by atoms with Crippen molar-refractivity contribution in [3.8, 4) is 5.75 Å². The van der Waals surface area contributed by atoms with E-state index < -0.39 is 7.12 Å². The molecule has 0 spiro atoms. The molecule has 0 N–H and O–H groups in total. The Labute approximate surface area is 139 Å². The summed E-state index contributed by atoms with van der Waals surface area (Å²) in [5.41, 5.74) is 1.46. The van der Waals surface area contributed by atoms with Crippen molar-refractivity contribution in [2.75, 3.05) is 13.2 Å². The predicted octanol–water partition coefficient (Wildman–Crippen LogP) is 2.72. The largest absolute Gasteiger partial charge is 0.498 e. The molecule has 126 valence electrons. The molecule has 0 aliphatic carbocycles. The first kappa shape index (κ1) is 16.8. The summed E-state index contributed by atoms with van der Waals surface area (Å²) in [4.78, 5) is 0. The van der Waals surface area contributed by atoms with E-state index in [2.05, 4.69) is 46.8 Å². The Balaban J connectivity index is 1.92. The Morgan fingerprint density at radius 1 is 1.17 bits per heavy atom. The summed E-state index contributed by atoms with van der Waals surface area (Å²) in [6.07, 6.45) is 1.96. The highest BCUT2D eigenvalue weighted by Gasteiger charge is 2.52. The Kier molecular flexibility index (Phi) is 4.47. The van der Waals surface area contributed by atoms with Gasteiger partial charge in [0, 0.05) is 11.9 Å². The molecule has 0 aromatic heterocycles. The van der Waals surface area contributed by atoms with Crippen molar-refractivity contribution in [2.45, 2.75) is 64.8 Å². The minimum absolute atomic E-state index is 0.115. The molecule has 2 saturated heterocycles. The lowest BCUT2D eigenvalue weighted by Crippen LogP contribution is -2.41. The first-order valence-corrected chi connectivity index (χ1v) is 8.56. The maximum Gasteiger partial charge on any atom is 0.498 e. The molecular weight excluding hydrogens is 291 g/mol. The van der Waals surface area contributed by atoms with E-state index in [4.69, 9.17) is 18.8 Å². The van der Waals surface area contributed by atoms with Crippen LogP contribution in [0.4, 0.5) is 0 Å². The molecular formula is C18H27BO4. The summed E-state index contributed by atoms with van der Waals surface area (Å²) in [5, 5.41) is 0. The maximum absolute atomic E-state index is 6.29. The van der Waals surface area contributed by atoms with Crippen molar-refractivity contribution in [3.05, 3.63) is 23.8 Å². The lowest BCUT2D eigenvalue weighted by atomic mass is 9.77. The molecule has 0 bridgehead atoms. The number of ether oxygens (including phenoxy) is 2. The second-order valence-corrected chi connectivity index (χ2v) is 7.38. The van der Waals surface area contributed by atoms with E-state index in [9.17, 15) is 0 Å². The first-order valence-electron chi connectivity index (χ1n) is 8.56. The quantitative estimate of drug-likeness (QED) is 0.800. The van der Waals surface area contributed by atoms with Gasteiger partial charge in [0.1, 0.15) is 11.9 Å². The van der Waals surface area contributed by atoms with E-state index in [1.54, 1.807) is 0 Å². The average molecular weight is 318 g/mol. The number of benzene rings is 1. The lowest BCUT2D eigenvalue weighted by molar-refractivity contribution is 0.00578. The molecule has 23 heavy (non-hydrogen) atoms. The highest BCUT2D eigenvalue weighted by atomic mass is 16.7. The molecule has 0 saturated carbocycles. The Morgan fingerprint density at radius 2 is 1.87 bits per heavy atom. The van der Waals surface area contributed by atoms with Gasteiger partial charge in [-0.3, -0.25) is 0 Å². The number of aryl methyl sites for hydroxylation is 1. The standard InChI is InChI=1S/C18H27BO4/c1-6-13-8-7-9-15(16(13)21-14-10-11-20-12-14)19-22-17(2,3)18(4,5)23-19/h7-9,14H,6,10-12H2,1-5H3. The van der Waals surface area contributed by atoms with Gasteiger partial charge < -0.3 is 18.8 Å². The smallest absolute Gasteiger partial charge is 0.488 e. The second kappa shape index (κ2) is 6.12. The van der Waals surface area contributed by atoms with Crippen LogP contribution in [0.2, 0.25) is 0 Å². The van der Waals surface area contributed by atoms with Gasteiger partial charge in [-0.15, -0.1) is 0 Å². The van der Waals surface area contributed by atoms with Crippen molar-refractivity contribution >= 4 is 12.6 Å². The summed E-state index contributed by atoms with van der Waals surface area (Å²) in [7, 11) is -0.399. The van der Waals surface area contributed by atoms with E-state index in [1.807, 2.05) is 6.07 Å². The van der Waals surface area contributed by atoms with E-state index >= 15 is 0 Å². The fourth-order valence-electron chi connectivity index (χ4n) is 2.95. The van der Waals surface area contributed by atoms with Crippen LogP contribution in [0.5, 0.6) is 5.75 Å². The number of hydrogen-bond donors (Lipinski definition) is 0. The van der Waals surface area contributed by atoms with Gasteiger partial charge in [0.05, 0.1) is 24.4 Å². The topological polar surface area (TPSA) is 36.9 Å². The van der Waals surface area contributed by atoms with Crippen LogP contribution in [-0.2, 0) is 20.5 Å². The molecule has 1 unspecified atom stereocenters. The lowest BCUT2D eigenvalue weighted by Gasteiger charge is -2.32. The molecule has 2 aliphatic heterocycles. The minimum Gasteiger partial charge on any atom is -0.488 e. The predicted molar refractivity (Wildman–Crippen MR) is 91.4 cm³/mol. The summed E-state index contributed by atoms with van der Waals surface area (Å²) in [6.45, 7) is 11.8. The number of rotatable bonds is 4. The van der Waals surface area contributed by atoms with E-state index in [0.29, 0.717) is 6.61 Å². The van der Waals surface area contributed by atoms with Crippen LogP contribution in [-0.4, -0.2) is 37.6 Å². The molecule has 2 heterocycles. The monoisotopic (exact) mass is 318 g/mol. The molecule has 2 aliphatic rings. The van der Waals surface area contributed by atoms with E-state index in [1.165, 1.54) is 5.56 Å². The van der Waals surface area contributed by atoms with Gasteiger partial charge in [0.15, 0.2) is 0 Å². The molecule has 0 radical (unpaired) electrons. The third-order valence-electron chi connectivity index (χ3n) is 5.19. The molecule has 0 amide bonds. The third-order valence-corrected chi connectivity index (χ3v) is 5.19. The van der Waals surface area contributed by atoms with Crippen LogP contribution in [0.1, 0.15) is 46.6 Å². The van der Waals surface area contributed by atoms with Gasteiger partial charge >= 0.3 is 7.12 Å². The van der Waals surface area contributed by atoms with Gasteiger partial charge in [-0.1, -0.05) is 25.1 Å². The average Bonchev–Trinajstić information content (AvgIpc) is 3.05. The van der Waals surface area contributed by atoms with Gasteiger partial charge in [-0.25, -0.2) is 0 Å². The Hall–Kier alpha value is -1.04. The highest BCUT2D eigenvalue weighted by molar-refractivity contribution is 6.63. The molecule has 3 rings (SSSR count). The maximum atomic E-state index is 6.29. The molecule has 1 aromatic carbocycles. The zero-order valence-electron chi connectivity index (χ0n) is 14.8. The summed E-state index contributed by atoms with van der Waals surface area (Å²) in [5.74, 6) is 0.906. The van der Waals surface area contributed by atoms with Crippen LogP contribution in [0.15, 0.2) is 18.2 Å². The fraction of sp³-hybridized carbons (Fsp3) is 0.667. The van der Waals surface area contributed by atoms with Crippen LogP contribution in [0.3, 0.4) is 0 Å². The van der Waals surface area contributed by atoms with E-state index in [-0.39, 0.29) is 17.3 Å². The van der Waals surface area contributed by atoms with Gasteiger partial charge in [0.25, 0.3) is 0 Å². The Bertz CT molecular complexity index is 548. The van der Waals surface area contributed by atoms with Crippen LogP contribution in [0, 0.1) is 0 Å². The molecule has 5 heteroatoms. The number of hydrogen-bond acceptors (Lipinski definition) is 4. The zero-order chi connectivity index (χ0) is 16.7. The minimum atomic E-state index is -0.399. The van der Waals surface area contributed by atoms with Gasteiger partial charge in [-0.05, 0) is 39.7 Å². The van der Waals surface area contributed by atoms with Crippen LogP contribution < -0.4 is 10.2 Å². The molecule has 1 atom stereocenters. The van der Waals surface area contributed by atoms with Crippen molar-refractivity contribution in [1.82, 2.24) is 0 Å². The van der Waals surface area contributed by atoms with E-state index in [0.717, 1.165) is 30.7 Å². The third kappa shape index (κ3) is 3.15. The first-order chi connectivity index (χ1) is 10.8. The SMILES string of the molecule is CCc1cccc(B2OC(C)(C)C(C)(C)O2)c1OC1CCOC1. The second-order valence-electron chi connectivity index (χ2n) is 7.38. The van der Waals surface area contributed by atoms with Crippen molar-refractivity contribution < 1.29 is 18.8 Å². The van der Waals surface area contributed by atoms with Crippen LogP contribution in [0.25, 0.3) is 0 Å². The number of para-hydroxylation sites is 1. The molecule has 1 aromatic rings. The van der Waals surface area contributed by atoms with Crippen molar-refractivity contribution in [2.24, 2.45) is 0 Å². The van der Waals surface area contributed by atoms with Gasteiger partial charge in [0.2, 0.25) is 0 Å². The normalized spacial score (nSPS) is 25.8. The van der Waals surface area contributed by atoms with Crippen molar-refractivity contribution in [1.29, 1.82) is 0 Å². The molecule has 2 fully saturated rings. The summed E-state index contributed by atoms with van der Waals surface area (Å²) in [6, 6.07) is 6.21. The highest BCUT2D eigenvalue weighted by Crippen LogP contribution is 2.37. The van der Waals surface area contributed by atoms with Crippen molar-refractivity contribution in [3.63, 3.8) is 0 Å². The zero-order valence-corrected chi connectivity index (χ0v) is 14.8. The van der Waals surface area contributed by atoms with Gasteiger partial charge in [-0.2, -0.15) is 0 Å². The fourth-order valence-corrected chi connectivity index (χ4v) is 2.95. The summed E-state index contributed by atoms with van der Waals surface area (Å²) >= 11 is 0. The summed E-state index contributed by atoms with van der Waals surface area (Å²) < 4.78 is 24.2. The Morgan fingerprint density at radius 3 is 2.43 bits per heavy atom.